The predicted octanol–water partition coefficient (Wildman–Crippen LogP) is 0.620. The van der Waals surface area contributed by atoms with Gasteiger partial charge in [0, 0.05) is 44.0 Å². The Balaban J connectivity index is 1.44. The number of hydrogen-bond acceptors (Lipinski definition) is 7. The summed E-state index contributed by atoms with van der Waals surface area (Å²) in [6.07, 6.45) is 1.76. The van der Waals surface area contributed by atoms with Crippen LogP contribution in [0.5, 0.6) is 0 Å². The van der Waals surface area contributed by atoms with Gasteiger partial charge in [-0.2, -0.15) is 14.6 Å². The zero-order chi connectivity index (χ0) is 17.4. The first-order valence-electron chi connectivity index (χ1n) is 8.22. The Morgan fingerprint density at radius 1 is 1.16 bits per heavy atom. The number of anilines is 1. The van der Waals surface area contributed by atoms with Crippen LogP contribution in [0.2, 0.25) is 0 Å². The molecule has 3 aromatic rings. The van der Waals surface area contributed by atoms with E-state index in [9.17, 15) is 4.79 Å². The molecule has 0 spiro atoms. The molecule has 130 valence electrons. The Kier molecular flexibility index (Phi) is 3.83. The van der Waals surface area contributed by atoms with E-state index in [4.69, 9.17) is 4.52 Å². The van der Waals surface area contributed by atoms with Gasteiger partial charge in [0.15, 0.2) is 0 Å². The van der Waals surface area contributed by atoms with E-state index in [2.05, 4.69) is 25.1 Å². The van der Waals surface area contributed by atoms with Gasteiger partial charge in [0.2, 0.25) is 5.91 Å². The number of aryl methyl sites for hydroxylation is 2. The molecule has 1 fully saturated rings. The number of carbonyl (C=O) groups excluding carboxylic acids is 1. The third-order valence-corrected chi connectivity index (χ3v) is 4.32. The number of fused-ring (bicyclic) bond motifs is 1. The lowest BCUT2D eigenvalue weighted by Crippen LogP contribution is -2.49. The minimum atomic E-state index is 0.0626. The van der Waals surface area contributed by atoms with Crippen molar-refractivity contribution < 1.29 is 9.32 Å². The van der Waals surface area contributed by atoms with Crippen molar-refractivity contribution in [3.8, 4) is 0 Å². The number of piperazine rings is 1. The van der Waals surface area contributed by atoms with Gasteiger partial charge in [-0.1, -0.05) is 5.16 Å². The van der Waals surface area contributed by atoms with Crippen molar-refractivity contribution in [3.63, 3.8) is 0 Å². The molecule has 0 saturated carbocycles. The second kappa shape index (κ2) is 6.15. The molecule has 1 saturated heterocycles. The number of amides is 1. The molecule has 0 radical (unpaired) electrons. The molecule has 0 atom stereocenters. The highest BCUT2D eigenvalue weighted by Crippen LogP contribution is 2.18. The van der Waals surface area contributed by atoms with Crippen molar-refractivity contribution >= 4 is 17.5 Å². The Bertz CT molecular complexity index is 908. The summed E-state index contributed by atoms with van der Waals surface area (Å²) >= 11 is 0. The summed E-state index contributed by atoms with van der Waals surface area (Å²) in [4.78, 5) is 25.0. The number of aromatic nitrogens is 5. The van der Waals surface area contributed by atoms with Gasteiger partial charge in [-0.05, 0) is 13.8 Å². The first-order valence-corrected chi connectivity index (χ1v) is 8.22. The molecule has 25 heavy (non-hydrogen) atoms. The van der Waals surface area contributed by atoms with E-state index in [1.165, 1.54) is 6.33 Å². The van der Waals surface area contributed by atoms with Crippen LogP contribution in [0.4, 0.5) is 5.82 Å². The lowest BCUT2D eigenvalue weighted by Gasteiger charge is -2.35. The fraction of sp³-hybridized carbons (Fsp3) is 0.438. The molecule has 0 aliphatic carbocycles. The third kappa shape index (κ3) is 3.04. The standard InChI is InChI=1S/C16H19N7O2/c1-11-8-14(23-16(19-11)17-10-18-23)21-3-5-22(6-4-21)15(24)9-13-7-12(2)20-25-13/h7-8,10H,3-6,9H2,1-2H3. The maximum atomic E-state index is 12.4. The Hall–Kier alpha value is -2.97. The number of hydrogen-bond donors (Lipinski definition) is 0. The second-order valence-electron chi connectivity index (χ2n) is 6.21. The van der Waals surface area contributed by atoms with E-state index in [1.54, 1.807) is 10.6 Å². The van der Waals surface area contributed by atoms with E-state index in [-0.39, 0.29) is 12.3 Å². The van der Waals surface area contributed by atoms with Gasteiger partial charge in [-0.3, -0.25) is 4.79 Å². The van der Waals surface area contributed by atoms with E-state index < -0.39 is 0 Å². The van der Waals surface area contributed by atoms with Gasteiger partial charge in [0.25, 0.3) is 5.78 Å². The topological polar surface area (TPSA) is 92.7 Å². The van der Waals surface area contributed by atoms with Crippen molar-refractivity contribution in [2.24, 2.45) is 0 Å². The first-order chi connectivity index (χ1) is 12.1. The summed E-state index contributed by atoms with van der Waals surface area (Å²) < 4.78 is 6.87. The molecule has 0 N–H and O–H groups in total. The van der Waals surface area contributed by atoms with Crippen LogP contribution >= 0.6 is 0 Å². The predicted molar refractivity (Wildman–Crippen MR) is 89.3 cm³/mol. The van der Waals surface area contributed by atoms with Crippen LogP contribution in [0.1, 0.15) is 17.1 Å². The Morgan fingerprint density at radius 2 is 1.96 bits per heavy atom. The summed E-state index contributed by atoms with van der Waals surface area (Å²) in [6.45, 7) is 6.57. The van der Waals surface area contributed by atoms with E-state index in [0.717, 1.165) is 30.3 Å². The normalized spacial score (nSPS) is 15.1. The van der Waals surface area contributed by atoms with E-state index >= 15 is 0 Å². The summed E-state index contributed by atoms with van der Waals surface area (Å²) in [5, 5.41) is 8.07. The maximum Gasteiger partial charge on any atom is 0.254 e. The van der Waals surface area contributed by atoms with Gasteiger partial charge in [-0.15, -0.1) is 0 Å². The van der Waals surface area contributed by atoms with Crippen molar-refractivity contribution in [1.82, 2.24) is 29.6 Å². The summed E-state index contributed by atoms with van der Waals surface area (Å²) in [5.74, 6) is 2.22. The fourth-order valence-electron chi connectivity index (χ4n) is 3.08. The summed E-state index contributed by atoms with van der Waals surface area (Å²) in [5.41, 5.74) is 1.69. The summed E-state index contributed by atoms with van der Waals surface area (Å²) in [6, 6.07) is 3.80. The highest BCUT2D eigenvalue weighted by Gasteiger charge is 2.24. The van der Waals surface area contributed by atoms with Gasteiger partial charge in [-0.25, -0.2) is 4.98 Å². The zero-order valence-corrected chi connectivity index (χ0v) is 14.2. The van der Waals surface area contributed by atoms with Crippen LogP contribution in [-0.2, 0) is 11.2 Å². The molecule has 9 heteroatoms. The maximum absolute atomic E-state index is 12.4. The van der Waals surface area contributed by atoms with Crippen molar-refractivity contribution in [2.45, 2.75) is 20.3 Å². The number of rotatable bonds is 3. The monoisotopic (exact) mass is 341 g/mol. The second-order valence-corrected chi connectivity index (χ2v) is 6.21. The quantitative estimate of drug-likeness (QED) is 0.689. The van der Waals surface area contributed by atoms with Crippen molar-refractivity contribution in [2.75, 3.05) is 31.1 Å². The summed E-state index contributed by atoms with van der Waals surface area (Å²) in [7, 11) is 0. The minimum absolute atomic E-state index is 0.0626. The van der Waals surface area contributed by atoms with Gasteiger partial charge >= 0.3 is 0 Å². The average Bonchev–Trinajstić information content (AvgIpc) is 3.23. The van der Waals surface area contributed by atoms with Crippen LogP contribution in [0, 0.1) is 13.8 Å². The molecule has 0 aromatic carbocycles. The molecule has 0 bridgehead atoms. The molecule has 3 aromatic heterocycles. The molecule has 1 amide bonds. The lowest BCUT2D eigenvalue weighted by atomic mass is 10.2. The fourth-order valence-corrected chi connectivity index (χ4v) is 3.08. The van der Waals surface area contributed by atoms with Crippen LogP contribution in [-0.4, -0.2) is 61.7 Å². The van der Waals surface area contributed by atoms with Gasteiger partial charge < -0.3 is 14.3 Å². The van der Waals surface area contributed by atoms with E-state index in [1.807, 2.05) is 24.8 Å². The zero-order valence-electron chi connectivity index (χ0n) is 14.2. The molecule has 9 nitrogen and oxygen atoms in total. The van der Waals surface area contributed by atoms with E-state index in [0.29, 0.717) is 24.6 Å². The first kappa shape index (κ1) is 15.6. The van der Waals surface area contributed by atoms with Crippen molar-refractivity contribution in [3.05, 3.63) is 35.6 Å². The van der Waals surface area contributed by atoms with Crippen LogP contribution < -0.4 is 4.90 Å². The van der Waals surface area contributed by atoms with Crippen LogP contribution in [0.3, 0.4) is 0 Å². The molecular weight excluding hydrogens is 322 g/mol. The average molecular weight is 341 g/mol. The molecule has 4 heterocycles. The Morgan fingerprint density at radius 3 is 2.68 bits per heavy atom. The smallest absolute Gasteiger partial charge is 0.254 e. The van der Waals surface area contributed by atoms with Crippen molar-refractivity contribution in [1.29, 1.82) is 0 Å². The van der Waals surface area contributed by atoms with Gasteiger partial charge in [0.05, 0.1) is 12.1 Å². The largest absolute Gasteiger partial charge is 0.361 e. The molecular formula is C16H19N7O2. The number of carbonyl (C=O) groups is 1. The molecule has 1 aliphatic rings. The highest BCUT2D eigenvalue weighted by molar-refractivity contribution is 5.78. The lowest BCUT2D eigenvalue weighted by molar-refractivity contribution is -0.131. The minimum Gasteiger partial charge on any atom is -0.361 e. The molecule has 4 rings (SSSR count). The highest BCUT2D eigenvalue weighted by atomic mass is 16.5. The van der Waals surface area contributed by atoms with Crippen LogP contribution in [0.25, 0.3) is 5.78 Å². The van der Waals surface area contributed by atoms with Gasteiger partial charge in [0.1, 0.15) is 17.9 Å². The molecule has 1 aliphatic heterocycles. The SMILES string of the molecule is Cc1cc(CC(=O)N2CCN(c3cc(C)nc4ncnn34)CC2)on1. The third-order valence-electron chi connectivity index (χ3n) is 4.32. The van der Waals surface area contributed by atoms with Crippen LogP contribution in [0.15, 0.2) is 23.0 Å². The number of nitrogens with zero attached hydrogens (tertiary/aromatic N) is 7. The Labute approximate surface area is 144 Å². The molecule has 0 unspecified atom stereocenters.